The third-order valence-corrected chi connectivity index (χ3v) is 4.31. The molecule has 0 spiro atoms. The first-order chi connectivity index (χ1) is 14.2. The number of aryl methyl sites for hydroxylation is 1. The van der Waals surface area contributed by atoms with Gasteiger partial charge in [-0.3, -0.25) is 10.1 Å². The first-order valence-corrected chi connectivity index (χ1v) is 9.60. The van der Waals surface area contributed by atoms with Crippen LogP contribution in [0.1, 0.15) is 24.0 Å². The van der Waals surface area contributed by atoms with E-state index in [0.29, 0.717) is 30.9 Å². The number of benzene rings is 3. The highest BCUT2D eigenvalue weighted by molar-refractivity contribution is 6.01. The van der Waals surface area contributed by atoms with Crippen LogP contribution in [0.5, 0.6) is 5.75 Å². The molecule has 3 rings (SSSR count). The second-order valence-electron chi connectivity index (χ2n) is 6.64. The normalized spacial score (nSPS) is 10.2. The van der Waals surface area contributed by atoms with Crippen LogP contribution in [-0.2, 0) is 17.8 Å². The van der Waals surface area contributed by atoms with Gasteiger partial charge < -0.3 is 10.1 Å². The summed E-state index contributed by atoms with van der Waals surface area (Å²) in [5, 5.41) is 5.03. The van der Waals surface area contributed by atoms with Crippen molar-refractivity contribution in [2.75, 3.05) is 5.32 Å². The standard InChI is InChI=1S/C24H24N2O3/c27-23(16-7-13-19-9-3-1-4-10-19)26-24(28)25-21-14-8-15-22(17-21)29-18-20-11-5-2-6-12-20/h1-6,8-12,14-15,17H,7,13,16,18H2,(H2,25,26,27,28). The number of carbonyl (C=O) groups excluding carboxylic acids is 2. The van der Waals surface area contributed by atoms with Crippen LogP contribution in [0.2, 0.25) is 0 Å². The minimum Gasteiger partial charge on any atom is -0.489 e. The number of nitrogens with one attached hydrogen (secondary N) is 2. The molecule has 0 aliphatic rings. The smallest absolute Gasteiger partial charge is 0.325 e. The van der Waals surface area contributed by atoms with E-state index in [4.69, 9.17) is 4.74 Å². The first kappa shape index (κ1) is 20.1. The van der Waals surface area contributed by atoms with Crippen LogP contribution in [-0.4, -0.2) is 11.9 Å². The Morgan fingerprint density at radius 2 is 1.48 bits per heavy atom. The number of carbonyl (C=O) groups is 2. The van der Waals surface area contributed by atoms with Gasteiger partial charge in [0.15, 0.2) is 0 Å². The fraction of sp³-hybridized carbons (Fsp3) is 0.167. The molecule has 0 aliphatic carbocycles. The number of imide groups is 1. The number of rotatable bonds is 8. The maximum absolute atomic E-state index is 12.1. The fourth-order valence-corrected chi connectivity index (χ4v) is 2.85. The fourth-order valence-electron chi connectivity index (χ4n) is 2.85. The largest absolute Gasteiger partial charge is 0.489 e. The lowest BCUT2D eigenvalue weighted by molar-refractivity contribution is -0.120. The van der Waals surface area contributed by atoms with Gasteiger partial charge in [-0.25, -0.2) is 4.79 Å². The van der Waals surface area contributed by atoms with E-state index < -0.39 is 6.03 Å². The van der Waals surface area contributed by atoms with Gasteiger partial charge in [0.25, 0.3) is 0 Å². The van der Waals surface area contributed by atoms with E-state index >= 15 is 0 Å². The van der Waals surface area contributed by atoms with Gasteiger partial charge >= 0.3 is 6.03 Å². The third kappa shape index (κ3) is 7.14. The van der Waals surface area contributed by atoms with E-state index in [9.17, 15) is 9.59 Å². The summed E-state index contributed by atoms with van der Waals surface area (Å²) in [6, 6.07) is 26.3. The molecule has 0 saturated carbocycles. The second kappa shape index (κ2) is 10.7. The Labute approximate surface area is 170 Å². The van der Waals surface area contributed by atoms with E-state index in [1.54, 1.807) is 18.2 Å². The van der Waals surface area contributed by atoms with Crippen molar-refractivity contribution in [1.29, 1.82) is 0 Å². The number of hydrogen-bond acceptors (Lipinski definition) is 3. The van der Waals surface area contributed by atoms with Crippen molar-refractivity contribution in [2.45, 2.75) is 25.9 Å². The maximum Gasteiger partial charge on any atom is 0.325 e. The monoisotopic (exact) mass is 388 g/mol. The highest BCUT2D eigenvalue weighted by atomic mass is 16.5. The molecule has 0 aliphatic heterocycles. The molecule has 3 aromatic carbocycles. The van der Waals surface area contributed by atoms with Crippen LogP contribution >= 0.6 is 0 Å². The summed E-state index contributed by atoms with van der Waals surface area (Å²) in [6.07, 6.45) is 1.78. The zero-order valence-electron chi connectivity index (χ0n) is 16.1. The van der Waals surface area contributed by atoms with Crippen molar-refractivity contribution in [2.24, 2.45) is 0 Å². The molecule has 0 unspecified atom stereocenters. The van der Waals surface area contributed by atoms with Gasteiger partial charge in [0, 0.05) is 18.2 Å². The van der Waals surface area contributed by atoms with Crippen LogP contribution in [0.15, 0.2) is 84.9 Å². The molecule has 0 bridgehead atoms. The van der Waals surface area contributed by atoms with E-state index in [2.05, 4.69) is 10.6 Å². The first-order valence-electron chi connectivity index (χ1n) is 9.60. The third-order valence-electron chi connectivity index (χ3n) is 4.31. The van der Waals surface area contributed by atoms with Gasteiger partial charge in [0.05, 0.1) is 0 Å². The summed E-state index contributed by atoms with van der Waals surface area (Å²) in [7, 11) is 0. The van der Waals surface area contributed by atoms with Crippen LogP contribution in [0.3, 0.4) is 0 Å². The number of hydrogen-bond donors (Lipinski definition) is 2. The van der Waals surface area contributed by atoms with Gasteiger partial charge in [-0.15, -0.1) is 0 Å². The predicted octanol–water partition coefficient (Wildman–Crippen LogP) is 4.94. The quantitative estimate of drug-likeness (QED) is 0.574. The lowest BCUT2D eigenvalue weighted by Crippen LogP contribution is -2.34. The van der Waals surface area contributed by atoms with E-state index in [1.807, 2.05) is 66.7 Å². The van der Waals surface area contributed by atoms with E-state index in [-0.39, 0.29) is 5.91 Å². The Balaban J connectivity index is 1.42. The van der Waals surface area contributed by atoms with Crippen molar-refractivity contribution < 1.29 is 14.3 Å². The van der Waals surface area contributed by atoms with Crippen molar-refractivity contribution in [3.63, 3.8) is 0 Å². The topological polar surface area (TPSA) is 67.4 Å². The van der Waals surface area contributed by atoms with Gasteiger partial charge in [0.1, 0.15) is 12.4 Å². The van der Waals surface area contributed by atoms with Crippen molar-refractivity contribution >= 4 is 17.6 Å². The summed E-state index contributed by atoms with van der Waals surface area (Å²) < 4.78 is 5.75. The molecule has 3 amide bonds. The Kier molecular flexibility index (Phi) is 7.41. The molecule has 5 heteroatoms. The minimum atomic E-state index is -0.546. The van der Waals surface area contributed by atoms with Crippen molar-refractivity contribution in [1.82, 2.24) is 5.32 Å². The molecular formula is C24H24N2O3. The molecule has 0 heterocycles. The van der Waals surface area contributed by atoms with Gasteiger partial charge in [-0.2, -0.15) is 0 Å². The van der Waals surface area contributed by atoms with Crippen LogP contribution in [0.4, 0.5) is 10.5 Å². The molecule has 29 heavy (non-hydrogen) atoms. The van der Waals surface area contributed by atoms with Crippen LogP contribution in [0.25, 0.3) is 0 Å². The van der Waals surface area contributed by atoms with Gasteiger partial charge in [-0.05, 0) is 36.1 Å². The van der Waals surface area contributed by atoms with Crippen LogP contribution in [0, 0.1) is 0 Å². The number of urea groups is 1. The molecule has 2 N–H and O–H groups in total. The second-order valence-corrected chi connectivity index (χ2v) is 6.64. The number of amides is 3. The summed E-state index contributed by atoms with van der Waals surface area (Å²) in [5.74, 6) is 0.343. The Morgan fingerprint density at radius 3 is 2.21 bits per heavy atom. The Bertz CT molecular complexity index is 927. The highest BCUT2D eigenvalue weighted by Crippen LogP contribution is 2.18. The lowest BCUT2D eigenvalue weighted by atomic mass is 10.1. The predicted molar refractivity (Wildman–Crippen MR) is 114 cm³/mol. The Hall–Kier alpha value is -3.60. The molecular weight excluding hydrogens is 364 g/mol. The molecule has 5 nitrogen and oxygen atoms in total. The zero-order valence-corrected chi connectivity index (χ0v) is 16.1. The molecule has 0 fully saturated rings. The van der Waals surface area contributed by atoms with Crippen molar-refractivity contribution in [3.8, 4) is 5.75 Å². The molecule has 0 aromatic heterocycles. The average Bonchev–Trinajstić information content (AvgIpc) is 2.74. The lowest BCUT2D eigenvalue weighted by Gasteiger charge is -2.10. The molecule has 148 valence electrons. The SMILES string of the molecule is O=C(CCCc1ccccc1)NC(=O)Nc1cccc(OCc2ccccc2)c1. The molecule has 3 aromatic rings. The van der Waals surface area contributed by atoms with Gasteiger partial charge in [0.2, 0.25) is 5.91 Å². The summed E-state index contributed by atoms with van der Waals surface area (Å²) in [4.78, 5) is 24.0. The molecule has 0 radical (unpaired) electrons. The summed E-state index contributed by atoms with van der Waals surface area (Å²) >= 11 is 0. The number of ether oxygens (including phenoxy) is 1. The average molecular weight is 388 g/mol. The minimum absolute atomic E-state index is 0.294. The highest BCUT2D eigenvalue weighted by Gasteiger charge is 2.08. The summed E-state index contributed by atoms with van der Waals surface area (Å²) in [6.45, 7) is 0.441. The van der Waals surface area contributed by atoms with Crippen molar-refractivity contribution in [3.05, 3.63) is 96.1 Å². The number of anilines is 1. The zero-order chi connectivity index (χ0) is 20.3. The Morgan fingerprint density at radius 1 is 0.793 bits per heavy atom. The van der Waals surface area contributed by atoms with E-state index in [0.717, 1.165) is 12.0 Å². The van der Waals surface area contributed by atoms with Crippen LogP contribution < -0.4 is 15.4 Å². The summed E-state index contributed by atoms with van der Waals surface area (Å²) in [5.41, 5.74) is 2.80. The maximum atomic E-state index is 12.1. The van der Waals surface area contributed by atoms with E-state index in [1.165, 1.54) is 5.56 Å². The van der Waals surface area contributed by atoms with Gasteiger partial charge in [-0.1, -0.05) is 66.7 Å². The molecule has 0 saturated heterocycles. The molecule has 0 atom stereocenters.